The number of nitrogen functional groups attached to an aromatic ring is 2. The van der Waals surface area contributed by atoms with Gasteiger partial charge in [0.15, 0.2) is 46.4 Å². The zero-order valence-corrected chi connectivity index (χ0v) is 56.8. The van der Waals surface area contributed by atoms with Crippen molar-refractivity contribution in [2.75, 3.05) is 75.4 Å². The van der Waals surface area contributed by atoms with Crippen LogP contribution in [0.1, 0.15) is 103 Å². The molecule has 552 valence electrons. The molecule has 4 aromatic rings. The summed E-state index contributed by atoms with van der Waals surface area (Å²) >= 11 is 0. The van der Waals surface area contributed by atoms with Crippen LogP contribution in [0, 0.1) is 23.2 Å². The number of likely N-dealkylation sites (tertiary alicyclic amines) is 1. The second-order valence-electron chi connectivity index (χ2n) is 23.4. The van der Waals surface area contributed by atoms with E-state index in [0.29, 0.717) is 36.5 Å². The number of guanidine groups is 1. The van der Waals surface area contributed by atoms with Crippen molar-refractivity contribution in [2.45, 2.75) is 114 Å². The molecular formula is C62H79N15O23S2. The van der Waals surface area contributed by atoms with Gasteiger partial charge in [0.2, 0.25) is 17.8 Å². The molecule has 2 aliphatic heterocycles. The fraction of sp³-hybridized carbons (Fsp3) is 0.484. The molecule has 2 saturated heterocycles. The summed E-state index contributed by atoms with van der Waals surface area (Å²) in [6.45, 7) is 0.473. The van der Waals surface area contributed by atoms with Gasteiger partial charge >= 0.3 is 35.9 Å². The number of H-pyrrole nitrogens is 1. The van der Waals surface area contributed by atoms with Gasteiger partial charge < -0.3 is 93.2 Å². The maximum atomic E-state index is 14.2. The first-order valence-corrected chi connectivity index (χ1v) is 34.1. The van der Waals surface area contributed by atoms with Gasteiger partial charge in [-0.15, -0.1) is 0 Å². The Balaban J connectivity index is 1.01. The molecule has 40 heteroatoms. The number of ketones is 3. The third-order valence-corrected chi connectivity index (χ3v) is 18.5. The number of aromatic nitrogens is 4. The molecule has 2 aromatic heterocycles. The molecule has 0 saturated carbocycles. The van der Waals surface area contributed by atoms with Crippen molar-refractivity contribution < 1.29 is 107 Å². The highest BCUT2D eigenvalue weighted by atomic mass is 33.1. The predicted octanol–water partition coefficient (Wildman–Crippen LogP) is 0.419. The summed E-state index contributed by atoms with van der Waals surface area (Å²) in [5.74, 6) is -20.0. The summed E-state index contributed by atoms with van der Waals surface area (Å²) in [6.07, 6.45) is -6.63. The third kappa shape index (κ3) is 23.9. The SMILES string of the molecule is COc1cc(N)c(C(=O)N2CCC[C@H]2C2OCCN2C(=O)OCCSSC[C@H](CC(=O)[C@H](CC(=O)O)NC(=O)[C@H](CC(=O)O)CC(=O)[C@H](CCCNC(=N)N)NC(=O)[C@H](CC(=O)O)CC(=O)CC[C@H](NC(=O)c2ccc(NCc3cnc4nc(N)[nH]c(=O)c4n3)cc2)C(=O)O)C(=O)O)cc1OC. The number of amides is 5. The number of Topliss-reactive ketones (excluding diaryl/α,β-unsaturated/α-hetero) is 3. The van der Waals surface area contributed by atoms with Crippen molar-refractivity contribution in [3.05, 3.63) is 69.8 Å². The largest absolute Gasteiger partial charge is 0.493 e. The number of carboxylic acid groups (broad SMARTS) is 5. The highest BCUT2D eigenvalue weighted by Gasteiger charge is 2.44. The van der Waals surface area contributed by atoms with E-state index in [4.69, 9.17) is 41.6 Å². The predicted molar refractivity (Wildman–Crippen MR) is 362 cm³/mol. The summed E-state index contributed by atoms with van der Waals surface area (Å²) in [4.78, 5) is 200. The molecule has 38 nitrogen and oxygen atoms in total. The van der Waals surface area contributed by atoms with Gasteiger partial charge in [-0.2, -0.15) is 4.98 Å². The number of benzene rings is 2. The van der Waals surface area contributed by atoms with Crippen molar-refractivity contribution in [1.29, 1.82) is 5.41 Å². The van der Waals surface area contributed by atoms with Gasteiger partial charge in [-0.1, -0.05) is 21.6 Å². The minimum Gasteiger partial charge on any atom is -0.493 e. The molecule has 2 aromatic carbocycles. The first-order chi connectivity index (χ1) is 48.5. The van der Waals surface area contributed by atoms with Gasteiger partial charge in [0.05, 0.1) is 107 Å². The van der Waals surface area contributed by atoms with Crippen LogP contribution in [-0.2, 0) is 64.0 Å². The smallest absolute Gasteiger partial charge is 0.412 e. The number of hydrogen-bond acceptors (Lipinski definition) is 27. The lowest BCUT2D eigenvalue weighted by molar-refractivity contribution is -0.145. The topological polar surface area (TPSA) is 600 Å². The molecule has 18 N–H and O–H groups in total. The molecule has 2 aliphatic rings. The molecule has 0 radical (unpaired) electrons. The number of fused-ring (bicyclic) bond motifs is 1. The van der Waals surface area contributed by atoms with Crippen LogP contribution in [-0.4, -0.2) is 227 Å². The maximum Gasteiger partial charge on any atom is 0.412 e. The van der Waals surface area contributed by atoms with Crippen LogP contribution in [0.2, 0.25) is 0 Å². The van der Waals surface area contributed by atoms with Gasteiger partial charge in [0, 0.05) is 73.3 Å². The molecule has 102 heavy (non-hydrogen) atoms. The molecule has 4 heterocycles. The lowest BCUT2D eigenvalue weighted by atomic mass is 9.90. The normalized spacial score (nSPS) is 15.8. The Bertz CT molecular complexity index is 3850. The molecule has 1 unspecified atom stereocenters. The first kappa shape index (κ1) is 80.1. The summed E-state index contributed by atoms with van der Waals surface area (Å²) in [5, 5.41) is 69.3. The summed E-state index contributed by atoms with van der Waals surface area (Å²) < 4.78 is 22.1. The number of nitrogens with one attached hydrogen (secondary N) is 7. The fourth-order valence-corrected chi connectivity index (χ4v) is 13.1. The average molecular weight is 1470 g/mol. The Morgan fingerprint density at radius 1 is 0.745 bits per heavy atom. The Kier molecular flexibility index (Phi) is 30.3. The van der Waals surface area contributed by atoms with E-state index in [9.17, 15) is 92.7 Å². The van der Waals surface area contributed by atoms with E-state index < -0.39 is 188 Å². The van der Waals surface area contributed by atoms with Crippen LogP contribution in [0.15, 0.2) is 47.4 Å². The number of carbonyl (C=O) groups is 13. The van der Waals surface area contributed by atoms with E-state index in [1.54, 1.807) is 4.90 Å². The number of carbonyl (C=O) groups excluding carboxylic acids is 8. The van der Waals surface area contributed by atoms with E-state index in [1.807, 2.05) is 0 Å². The standard InChI is InChI=1S/C62H79N15O23S2/c1-97-45-24-37(38(63)25-46(45)98-2)56(91)76-14-4-6-42(76)57-77(15-16-99-57)62(96)100-17-18-101-102-29-33(58(92)93)21-44(80)41(26-49(85)86)73-54(89)32(23-48(83)84)20-43(79)39(5-3-13-67-60(64)65)71-53(88)31(22-47(81)82)19-36(78)11-12-40(59(94)95)72-52(87)30-7-9-34(10-8-30)68-27-35-28-69-51-50(70-35)55(90)75-61(66)74-51/h7-10,24-25,28,31-33,39-42,57,68H,3-6,11-23,26-27,29,63H2,1-2H3,(H,71,88)(H,72,87)(H,73,89)(H,81,82)(H,83,84)(H,85,86)(H,92,93)(H,94,95)(H4,64,65,67)(H3,66,69,74,75,90)/t31-,32-,33-,39-,40-,41-,42-,57?/m0/s1. The number of hydrogen-bond donors (Lipinski definition) is 15. The van der Waals surface area contributed by atoms with Crippen LogP contribution in [0.5, 0.6) is 11.5 Å². The van der Waals surface area contributed by atoms with Crippen molar-refractivity contribution >= 4 is 133 Å². The third-order valence-electron chi connectivity index (χ3n) is 16.1. The zero-order valence-electron chi connectivity index (χ0n) is 55.2. The number of aromatic amines is 1. The summed E-state index contributed by atoms with van der Waals surface area (Å²) in [6, 6.07) is 2.77. The van der Waals surface area contributed by atoms with Gasteiger partial charge in [-0.25, -0.2) is 19.6 Å². The number of ether oxygens (including phenoxy) is 4. The minimum atomic E-state index is -1.97. The molecule has 0 spiro atoms. The molecular weight excluding hydrogens is 1390 g/mol. The monoisotopic (exact) mass is 1470 g/mol. The Labute approximate surface area is 587 Å². The quantitative estimate of drug-likeness (QED) is 0.00940. The fourth-order valence-electron chi connectivity index (χ4n) is 10.9. The summed E-state index contributed by atoms with van der Waals surface area (Å²) in [7, 11) is 4.88. The number of nitrogens with two attached hydrogens (primary N) is 3. The number of rotatable bonds is 42. The summed E-state index contributed by atoms with van der Waals surface area (Å²) in [5.41, 5.74) is 17.7. The highest BCUT2D eigenvalue weighted by Crippen LogP contribution is 2.36. The lowest BCUT2D eigenvalue weighted by Gasteiger charge is -2.33. The molecule has 0 aliphatic carbocycles. The van der Waals surface area contributed by atoms with Crippen molar-refractivity contribution in [2.24, 2.45) is 23.5 Å². The second kappa shape index (κ2) is 38.6. The first-order valence-electron chi connectivity index (χ1n) is 31.6. The van der Waals surface area contributed by atoms with Gasteiger partial charge in [-0.05, 0) is 62.4 Å². The Hall–Kier alpha value is -10.9. The number of methoxy groups -OCH3 is 2. The highest BCUT2D eigenvalue weighted by molar-refractivity contribution is 8.76. The van der Waals surface area contributed by atoms with Gasteiger partial charge in [-0.3, -0.25) is 72.8 Å². The van der Waals surface area contributed by atoms with E-state index in [-0.39, 0.29) is 96.9 Å². The Morgan fingerprint density at radius 3 is 2.02 bits per heavy atom. The number of anilines is 3. The van der Waals surface area contributed by atoms with Crippen LogP contribution in [0.25, 0.3) is 11.2 Å². The van der Waals surface area contributed by atoms with Crippen molar-refractivity contribution in [1.82, 2.24) is 51.0 Å². The zero-order chi connectivity index (χ0) is 74.9. The molecule has 0 bridgehead atoms. The van der Waals surface area contributed by atoms with E-state index in [0.717, 1.165) is 21.6 Å². The Morgan fingerprint density at radius 2 is 1.38 bits per heavy atom. The van der Waals surface area contributed by atoms with Gasteiger partial charge in [0.1, 0.15) is 18.4 Å². The second-order valence-corrected chi connectivity index (χ2v) is 26.0. The molecule has 5 amide bonds. The van der Waals surface area contributed by atoms with Crippen LogP contribution < -0.4 is 58.8 Å². The maximum absolute atomic E-state index is 14.2. The van der Waals surface area contributed by atoms with E-state index in [2.05, 4.69) is 46.5 Å². The van der Waals surface area contributed by atoms with Crippen LogP contribution >= 0.6 is 21.6 Å². The number of carboxylic acids is 5. The lowest BCUT2D eigenvalue weighted by Crippen LogP contribution is -2.51. The van der Waals surface area contributed by atoms with E-state index >= 15 is 0 Å². The van der Waals surface area contributed by atoms with Crippen LogP contribution in [0.4, 0.5) is 22.1 Å². The van der Waals surface area contributed by atoms with Crippen molar-refractivity contribution in [3.63, 3.8) is 0 Å². The number of aliphatic carboxylic acids is 5. The minimum absolute atomic E-state index is 0.00251. The van der Waals surface area contributed by atoms with Gasteiger partial charge in [0.25, 0.3) is 17.4 Å². The average Bonchev–Trinajstić information content (AvgIpc) is 1.55. The number of nitrogens with zero attached hydrogens (tertiary/aromatic N) is 5. The van der Waals surface area contributed by atoms with E-state index in [1.165, 1.54) is 61.7 Å². The molecule has 8 atom stereocenters. The molecule has 6 rings (SSSR count). The van der Waals surface area contributed by atoms with Crippen molar-refractivity contribution in [3.8, 4) is 11.5 Å². The van der Waals surface area contributed by atoms with Crippen LogP contribution in [0.3, 0.4) is 0 Å². The molecule has 2 fully saturated rings.